The monoisotopic (exact) mass is 281 g/mol. The Bertz CT molecular complexity index is 462. The second kappa shape index (κ2) is 6.29. The first-order valence-corrected chi connectivity index (χ1v) is 7.95. The largest absolute Gasteiger partial charge is 0.360 e. The smallest absolute Gasteiger partial charge is 0.202 e. The molecule has 0 radical (unpaired) electrons. The molecule has 0 aliphatic rings. The van der Waals surface area contributed by atoms with Crippen molar-refractivity contribution in [1.82, 2.24) is 9.36 Å². The Morgan fingerprint density at radius 3 is 2.83 bits per heavy atom. The maximum absolute atomic E-state index is 4.50. The topological polar surface area (TPSA) is 37.8 Å². The minimum Gasteiger partial charge on any atom is -0.360 e. The molecule has 1 unspecified atom stereocenters. The number of anilines is 1. The maximum atomic E-state index is 4.50. The van der Waals surface area contributed by atoms with Crippen molar-refractivity contribution in [2.75, 3.05) is 11.9 Å². The van der Waals surface area contributed by atoms with Gasteiger partial charge in [-0.05, 0) is 34.2 Å². The lowest BCUT2D eigenvalue weighted by Crippen LogP contribution is -2.09. The molecule has 18 heavy (non-hydrogen) atoms. The van der Waals surface area contributed by atoms with E-state index in [1.54, 1.807) is 11.3 Å². The van der Waals surface area contributed by atoms with Crippen molar-refractivity contribution >= 4 is 28.0 Å². The molecule has 5 heteroatoms. The lowest BCUT2D eigenvalue weighted by atomic mass is 10.1. The Hall–Kier alpha value is -0.940. The molecular formula is C13H19N3S2. The maximum Gasteiger partial charge on any atom is 0.202 e. The summed E-state index contributed by atoms with van der Waals surface area (Å²) in [6, 6.07) is 2.18. The van der Waals surface area contributed by atoms with Gasteiger partial charge in [-0.15, -0.1) is 0 Å². The zero-order valence-corrected chi connectivity index (χ0v) is 12.6. The van der Waals surface area contributed by atoms with Crippen LogP contribution in [0.1, 0.15) is 38.1 Å². The van der Waals surface area contributed by atoms with Crippen molar-refractivity contribution in [3.8, 4) is 0 Å². The number of hydrogen-bond donors (Lipinski definition) is 1. The summed E-state index contributed by atoms with van der Waals surface area (Å²) in [6.45, 7) is 7.51. The quantitative estimate of drug-likeness (QED) is 0.869. The SMILES string of the molecule is CC(C)Cc1nsc(NCC(C)c2ccsc2)n1. The zero-order chi connectivity index (χ0) is 13.0. The van der Waals surface area contributed by atoms with Crippen LogP contribution in [0.2, 0.25) is 0 Å². The Morgan fingerprint density at radius 2 is 2.17 bits per heavy atom. The Kier molecular flexibility index (Phi) is 4.72. The third-order valence-electron chi connectivity index (χ3n) is 2.73. The summed E-state index contributed by atoms with van der Waals surface area (Å²) in [5.41, 5.74) is 1.39. The summed E-state index contributed by atoms with van der Waals surface area (Å²) in [6.07, 6.45) is 0.957. The number of thiophene rings is 1. The van der Waals surface area contributed by atoms with E-state index in [0.29, 0.717) is 11.8 Å². The van der Waals surface area contributed by atoms with Crippen LogP contribution in [-0.4, -0.2) is 15.9 Å². The van der Waals surface area contributed by atoms with E-state index in [1.165, 1.54) is 17.1 Å². The molecule has 2 rings (SSSR count). The van der Waals surface area contributed by atoms with Crippen LogP contribution in [0.5, 0.6) is 0 Å². The highest BCUT2D eigenvalue weighted by Gasteiger charge is 2.09. The molecular weight excluding hydrogens is 262 g/mol. The average Bonchev–Trinajstić information content (AvgIpc) is 2.95. The summed E-state index contributed by atoms with van der Waals surface area (Å²) in [7, 11) is 0. The van der Waals surface area contributed by atoms with Gasteiger partial charge in [-0.1, -0.05) is 20.8 Å². The second-order valence-corrected chi connectivity index (χ2v) is 6.48. The fourth-order valence-electron chi connectivity index (χ4n) is 1.69. The fourth-order valence-corrected chi connectivity index (χ4v) is 3.07. The molecule has 0 aliphatic carbocycles. The highest BCUT2D eigenvalue weighted by atomic mass is 32.1. The minimum absolute atomic E-state index is 0.508. The van der Waals surface area contributed by atoms with Gasteiger partial charge in [0.1, 0.15) is 5.82 Å². The lowest BCUT2D eigenvalue weighted by molar-refractivity contribution is 0.627. The van der Waals surface area contributed by atoms with Crippen molar-refractivity contribution in [1.29, 1.82) is 0 Å². The van der Waals surface area contributed by atoms with Crippen LogP contribution in [0.15, 0.2) is 16.8 Å². The molecule has 1 N–H and O–H groups in total. The van der Waals surface area contributed by atoms with Gasteiger partial charge >= 0.3 is 0 Å². The lowest BCUT2D eigenvalue weighted by Gasteiger charge is -2.09. The van der Waals surface area contributed by atoms with E-state index in [-0.39, 0.29) is 0 Å². The van der Waals surface area contributed by atoms with Crippen molar-refractivity contribution in [2.24, 2.45) is 5.92 Å². The molecule has 0 aromatic carbocycles. The standard InChI is InChI=1S/C13H19N3S2/c1-9(2)6-12-15-13(18-16-12)14-7-10(3)11-4-5-17-8-11/h4-5,8-10H,6-7H2,1-3H3,(H,14,15,16). The number of nitrogens with zero attached hydrogens (tertiary/aromatic N) is 2. The summed E-state index contributed by atoms with van der Waals surface area (Å²) in [4.78, 5) is 4.50. The van der Waals surface area contributed by atoms with Gasteiger partial charge < -0.3 is 5.32 Å². The van der Waals surface area contributed by atoms with Gasteiger partial charge in [-0.3, -0.25) is 0 Å². The predicted octanol–water partition coefficient (Wildman–Crippen LogP) is 4.01. The number of aromatic nitrogens is 2. The molecule has 3 nitrogen and oxygen atoms in total. The van der Waals surface area contributed by atoms with E-state index in [1.807, 2.05) is 0 Å². The molecule has 0 fully saturated rings. The molecule has 0 spiro atoms. The number of hydrogen-bond acceptors (Lipinski definition) is 5. The number of rotatable bonds is 6. The van der Waals surface area contributed by atoms with Gasteiger partial charge in [-0.25, -0.2) is 4.98 Å². The zero-order valence-electron chi connectivity index (χ0n) is 11.0. The van der Waals surface area contributed by atoms with Crippen LogP contribution in [0.3, 0.4) is 0 Å². The Morgan fingerprint density at radius 1 is 1.33 bits per heavy atom. The first-order valence-electron chi connectivity index (χ1n) is 6.23. The van der Waals surface area contributed by atoms with Crippen molar-refractivity contribution in [3.05, 3.63) is 28.2 Å². The van der Waals surface area contributed by atoms with Crippen molar-refractivity contribution in [2.45, 2.75) is 33.1 Å². The molecule has 2 heterocycles. The molecule has 0 amide bonds. The van der Waals surface area contributed by atoms with Gasteiger partial charge in [0.05, 0.1) is 0 Å². The third kappa shape index (κ3) is 3.78. The molecule has 0 bridgehead atoms. The van der Waals surface area contributed by atoms with Gasteiger partial charge in [0.2, 0.25) is 5.13 Å². The molecule has 2 aromatic rings. The van der Waals surface area contributed by atoms with E-state index in [9.17, 15) is 0 Å². The molecule has 0 saturated carbocycles. The fraction of sp³-hybridized carbons (Fsp3) is 0.538. The van der Waals surface area contributed by atoms with E-state index in [2.05, 4.69) is 52.3 Å². The molecule has 0 aliphatic heterocycles. The van der Waals surface area contributed by atoms with E-state index < -0.39 is 0 Å². The summed E-state index contributed by atoms with van der Waals surface area (Å²) in [5.74, 6) is 2.08. The summed E-state index contributed by atoms with van der Waals surface area (Å²) < 4.78 is 4.37. The highest BCUT2D eigenvalue weighted by molar-refractivity contribution is 7.09. The van der Waals surface area contributed by atoms with Crippen LogP contribution < -0.4 is 5.32 Å². The van der Waals surface area contributed by atoms with Crippen LogP contribution in [-0.2, 0) is 6.42 Å². The first-order chi connectivity index (χ1) is 8.65. The normalized spacial score (nSPS) is 12.9. The van der Waals surface area contributed by atoms with E-state index in [0.717, 1.165) is 23.9 Å². The van der Waals surface area contributed by atoms with Gasteiger partial charge in [0.25, 0.3) is 0 Å². The van der Waals surface area contributed by atoms with Crippen LogP contribution in [0, 0.1) is 5.92 Å². The van der Waals surface area contributed by atoms with Crippen LogP contribution >= 0.6 is 22.9 Å². The van der Waals surface area contributed by atoms with E-state index in [4.69, 9.17) is 0 Å². The first kappa shape index (κ1) is 13.5. The number of nitrogens with one attached hydrogen (secondary N) is 1. The minimum atomic E-state index is 0.508. The highest BCUT2D eigenvalue weighted by Crippen LogP contribution is 2.20. The van der Waals surface area contributed by atoms with Gasteiger partial charge in [-0.2, -0.15) is 15.7 Å². The second-order valence-electron chi connectivity index (χ2n) is 4.95. The van der Waals surface area contributed by atoms with Crippen LogP contribution in [0.25, 0.3) is 0 Å². The molecule has 2 aromatic heterocycles. The molecule has 98 valence electrons. The van der Waals surface area contributed by atoms with Gasteiger partial charge in [0, 0.05) is 24.5 Å². The van der Waals surface area contributed by atoms with Gasteiger partial charge in [0.15, 0.2) is 0 Å². The summed E-state index contributed by atoms with van der Waals surface area (Å²) in [5, 5.41) is 8.64. The van der Waals surface area contributed by atoms with Crippen molar-refractivity contribution < 1.29 is 0 Å². The predicted molar refractivity (Wildman–Crippen MR) is 79.7 cm³/mol. The molecule has 0 saturated heterocycles. The van der Waals surface area contributed by atoms with Crippen molar-refractivity contribution in [3.63, 3.8) is 0 Å². The third-order valence-corrected chi connectivity index (χ3v) is 4.14. The Labute approximate surface area is 116 Å². The van der Waals surface area contributed by atoms with Crippen LogP contribution in [0.4, 0.5) is 5.13 Å². The Balaban J connectivity index is 1.85. The summed E-state index contributed by atoms with van der Waals surface area (Å²) >= 11 is 3.21. The molecule has 1 atom stereocenters. The van der Waals surface area contributed by atoms with E-state index >= 15 is 0 Å². The average molecular weight is 281 g/mol.